The summed E-state index contributed by atoms with van der Waals surface area (Å²) in [7, 11) is 0. The minimum absolute atomic E-state index is 0.118. The summed E-state index contributed by atoms with van der Waals surface area (Å²) in [5, 5.41) is 2.53. The van der Waals surface area contributed by atoms with Crippen LogP contribution < -0.4 is 0 Å². The molecule has 0 amide bonds. The van der Waals surface area contributed by atoms with Gasteiger partial charge >= 0.3 is 0 Å². The van der Waals surface area contributed by atoms with E-state index >= 15 is 0 Å². The Morgan fingerprint density at radius 3 is 1.89 bits per heavy atom. The average Bonchev–Trinajstić information content (AvgIpc) is 2.80. The van der Waals surface area contributed by atoms with Crippen LogP contribution >= 0.6 is 0 Å². The van der Waals surface area contributed by atoms with Gasteiger partial charge in [0, 0.05) is 18.3 Å². The minimum Gasteiger partial charge on any atom is -0.269 e. The zero-order valence-electron chi connectivity index (χ0n) is 15.6. The van der Waals surface area contributed by atoms with Gasteiger partial charge < -0.3 is 0 Å². The van der Waals surface area contributed by atoms with Crippen molar-refractivity contribution in [1.29, 1.82) is 0 Å². The lowest BCUT2D eigenvalue weighted by Crippen LogP contribution is -2.35. The van der Waals surface area contributed by atoms with E-state index in [1.807, 2.05) is 6.20 Å². The van der Waals surface area contributed by atoms with E-state index in [-0.39, 0.29) is 11.3 Å². The van der Waals surface area contributed by atoms with Crippen molar-refractivity contribution in [2.75, 3.05) is 0 Å². The monoisotopic (exact) mass is 359 g/mol. The zero-order valence-corrected chi connectivity index (χ0v) is 15.6. The first-order valence-electron chi connectivity index (χ1n) is 9.69. The fourth-order valence-electron chi connectivity index (χ4n) is 4.41. The maximum absolute atomic E-state index is 4.56. The number of aliphatic imine (C=N–C) groups is 1. The molecule has 1 heterocycles. The molecular formula is C27H21N. The molecule has 0 N–H and O–H groups in total. The van der Waals surface area contributed by atoms with E-state index in [9.17, 15) is 0 Å². The zero-order chi connectivity index (χ0) is 18.8. The molecular weight excluding hydrogens is 338 g/mol. The minimum atomic E-state index is -0.285. The lowest BCUT2D eigenvalue weighted by Gasteiger charge is -2.39. The molecule has 4 aromatic carbocycles. The predicted molar refractivity (Wildman–Crippen MR) is 118 cm³/mol. The second-order valence-electron chi connectivity index (χ2n) is 7.30. The molecule has 1 aliphatic rings. The topological polar surface area (TPSA) is 12.4 Å². The van der Waals surface area contributed by atoms with Crippen LogP contribution in [-0.4, -0.2) is 6.21 Å². The average molecular weight is 359 g/mol. The van der Waals surface area contributed by atoms with E-state index < -0.39 is 0 Å². The third-order valence-electron chi connectivity index (χ3n) is 5.78. The van der Waals surface area contributed by atoms with Gasteiger partial charge in [-0.3, -0.25) is 4.99 Å². The Hall–Kier alpha value is -3.45. The highest BCUT2D eigenvalue weighted by atomic mass is 14.7. The summed E-state index contributed by atoms with van der Waals surface area (Å²) in [5.74, 6) is 0.118. The van der Waals surface area contributed by atoms with Crippen molar-refractivity contribution in [3.8, 4) is 0 Å². The second-order valence-corrected chi connectivity index (χ2v) is 7.30. The summed E-state index contributed by atoms with van der Waals surface area (Å²) in [5.41, 5.74) is 3.55. The third kappa shape index (κ3) is 2.68. The van der Waals surface area contributed by atoms with E-state index in [4.69, 9.17) is 0 Å². The van der Waals surface area contributed by atoms with Crippen LogP contribution in [0.2, 0.25) is 0 Å². The molecule has 4 aromatic rings. The summed E-state index contributed by atoms with van der Waals surface area (Å²) in [6.45, 7) is 0. The third-order valence-corrected chi connectivity index (χ3v) is 5.78. The molecule has 1 aliphatic heterocycles. The standard InChI is InChI=1S/C27H21N/c1-3-11-24(12-4-1)27(25-13-5-2-6-14-25)17-18-28-20-26(27)23-16-15-21-9-7-8-10-22(21)19-23/h1-20,26H. The van der Waals surface area contributed by atoms with E-state index in [1.165, 1.54) is 27.5 Å². The van der Waals surface area contributed by atoms with Gasteiger partial charge in [0.25, 0.3) is 0 Å². The highest BCUT2D eigenvalue weighted by Crippen LogP contribution is 2.46. The Labute approximate surface area is 165 Å². The first-order chi connectivity index (χ1) is 13.9. The number of hydrogen-bond donors (Lipinski definition) is 0. The Morgan fingerprint density at radius 2 is 1.21 bits per heavy atom. The maximum Gasteiger partial charge on any atom is 0.0517 e. The van der Waals surface area contributed by atoms with Gasteiger partial charge in [0.15, 0.2) is 0 Å². The summed E-state index contributed by atoms with van der Waals surface area (Å²) < 4.78 is 0. The number of fused-ring (bicyclic) bond motifs is 1. The van der Waals surface area contributed by atoms with Crippen molar-refractivity contribution in [2.24, 2.45) is 4.99 Å². The molecule has 1 heteroatoms. The SMILES string of the molecule is C1=CC(c2ccccc2)(c2ccccc2)C(c2ccc3ccccc3c2)C=N1. The van der Waals surface area contributed by atoms with Crippen LogP contribution in [0.25, 0.3) is 10.8 Å². The lowest BCUT2D eigenvalue weighted by molar-refractivity contribution is 0.595. The van der Waals surface area contributed by atoms with Gasteiger partial charge in [-0.25, -0.2) is 0 Å². The van der Waals surface area contributed by atoms with Crippen LogP contribution in [-0.2, 0) is 5.41 Å². The van der Waals surface area contributed by atoms with Gasteiger partial charge in [-0.2, -0.15) is 0 Å². The number of hydrogen-bond acceptors (Lipinski definition) is 1. The van der Waals surface area contributed by atoms with Gasteiger partial charge in [0.1, 0.15) is 0 Å². The van der Waals surface area contributed by atoms with Gasteiger partial charge in [0.2, 0.25) is 0 Å². The van der Waals surface area contributed by atoms with Crippen LogP contribution in [0.3, 0.4) is 0 Å². The fourth-order valence-corrected chi connectivity index (χ4v) is 4.41. The number of benzene rings is 4. The predicted octanol–water partition coefficient (Wildman–Crippen LogP) is 6.51. The number of rotatable bonds is 3. The van der Waals surface area contributed by atoms with Crippen LogP contribution in [0.4, 0.5) is 0 Å². The Bertz CT molecular complexity index is 1120. The van der Waals surface area contributed by atoms with Gasteiger partial charge in [-0.1, -0.05) is 109 Å². The molecule has 0 radical (unpaired) electrons. The van der Waals surface area contributed by atoms with Crippen LogP contribution in [0, 0.1) is 0 Å². The second kappa shape index (κ2) is 6.94. The van der Waals surface area contributed by atoms with Crippen LogP contribution in [0.15, 0.2) is 120 Å². The summed E-state index contributed by atoms with van der Waals surface area (Å²) in [6, 6.07) is 36.9. The normalized spacial score (nSPS) is 17.6. The first kappa shape index (κ1) is 16.7. The van der Waals surface area contributed by atoms with E-state index in [2.05, 4.69) is 120 Å². The largest absolute Gasteiger partial charge is 0.269 e. The molecule has 1 atom stereocenters. The summed E-state index contributed by atoms with van der Waals surface area (Å²) in [4.78, 5) is 4.56. The van der Waals surface area contributed by atoms with E-state index in [1.54, 1.807) is 0 Å². The maximum atomic E-state index is 4.56. The van der Waals surface area contributed by atoms with Crippen LogP contribution in [0.1, 0.15) is 22.6 Å². The summed E-state index contributed by atoms with van der Waals surface area (Å²) >= 11 is 0. The van der Waals surface area contributed by atoms with Crippen molar-refractivity contribution in [1.82, 2.24) is 0 Å². The molecule has 0 aliphatic carbocycles. The molecule has 0 saturated heterocycles. The molecule has 1 nitrogen and oxygen atoms in total. The highest BCUT2D eigenvalue weighted by molar-refractivity contribution is 5.85. The smallest absolute Gasteiger partial charge is 0.0517 e. The quantitative estimate of drug-likeness (QED) is 0.395. The summed E-state index contributed by atoms with van der Waals surface area (Å²) in [6.07, 6.45) is 6.30. The molecule has 5 rings (SSSR count). The molecule has 0 spiro atoms. The first-order valence-corrected chi connectivity index (χ1v) is 9.69. The van der Waals surface area contributed by atoms with Crippen molar-refractivity contribution in [2.45, 2.75) is 11.3 Å². The molecule has 134 valence electrons. The highest BCUT2D eigenvalue weighted by Gasteiger charge is 2.41. The Kier molecular flexibility index (Phi) is 4.14. The number of nitrogens with zero attached hydrogens (tertiary/aromatic N) is 1. The van der Waals surface area contributed by atoms with Crippen molar-refractivity contribution < 1.29 is 0 Å². The van der Waals surface area contributed by atoms with Gasteiger partial charge in [0.05, 0.1) is 5.41 Å². The molecule has 0 saturated carbocycles. The van der Waals surface area contributed by atoms with Gasteiger partial charge in [-0.15, -0.1) is 0 Å². The molecule has 0 aromatic heterocycles. The van der Waals surface area contributed by atoms with Crippen molar-refractivity contribution in [3.63, 3.8) is 0 Å². The fraction of sp³-hybridized carbons (Fsp3) is 0.0741. The van der Waals surface area contributed by atoms with E-state index in [0.717, 1.165) is 0 Å². The van der Waals surface area contributed by atoms with Crippen molar-refractivity contribution >= 4 is 17.0 Å². The lowest BCUT2D eigenvalue weighted by atomic mass is 9.63. The molecule has 0 bridgehead atoms. The number of allylic oxidation sites excluding steroid dienone is 1. The Balaban J connectivity index is 1.76. The van der Waals surface area contributed by atoms with Gasteiger partial charge in [-0.05, 0) is 27.5 Å². The van der Waals surface area contributed by atoms with E-state index in [0.29, 0.717) is 0 Å². The molecule has 0 fully saturated rings. The molecule has 28 heavy (non-hydrogen) atoms. The molecule has 1 unspecified atom stereocenters. The Morgan fingerprint density at radius 1 is 0.607 bits per heavy atom. The van der Waals surface area contributed by atoms with Crippen LogP contribution in [0.5, 0.6) is 0 Å². The van der Waals surface area contributed by atoms with Crippen molar-refractivity contribution in [3.05, 3.63) is 132 Å².